The molecule has 0 aromatic heterocycles. The Morgan fingerprint density at radius 2 is 1.96 bits per heavy atom. The number of fused-ring (bicyclic) bond motifs is 1. The van der Waals surface area contributed by atoms with Crippen LogP contribution in [0, 0.1) is 0 Å². The van der Waals surface area contributed by atoms with Crippen LogP contribution in [0.15, 0.2) is 23.2 Å². The molecular formula is C19H30N4O4. The third-order valence-corrected chi connectivity index (χ3v) is 3.50. The Labute approximate surface area is 160 Å². The summed E-state index contributed by atoms with van der Waals surface area (Å²) < 4.78 is 16.4. The molecule has 0 fully saturated rings. The minimum Gasteiger partial charge on any atom is -0.490 e. The SMILES string of the molecule is COCCNC(=NCC(=O)NC(C)(C)C)Nc1ccc2c(c1)OCCCO2. The summed E-state index contributed by atoms with van der Waals surface area (Å²) in [7, 11) is 1.63. The maximum Gasteiger partial charge on any atom is 0.242 e. The van der Waals surface area contributed by atoms with E-state index in [2.05, 4.69) is 20.9 Å². The van der Waals surface area contributed by atoms with Crippen LogP contribution in [0.5, 0.6) is 11.5 Å². The van der Waals surface area contributed by atoms with E-state index in [1.165, 1.54) is 0 Å². The van der Waals surface area contributed by atoms with Gasteiger partial charge in [-0.05, 0) is 32.9 Å². The number of benzene rings is 1. The van der Waals surface area contributed by atoms with Crippen LogP contribution >= 0.6 is 0 Å². The van der Waals surface area contributed by atoms with E-state index in [-0.39, 0.29) is 18.0 Å². The molecule has 0 atom stereocenters. The number of ether oxygens (including phenoxy) is 3. The van der Waals surface area contributed by atoms with Gasteiger partial charge in [-0.15, -0.1) is 0 Å². The Balaban J connectivity index is 2.06. The largest absolute Gasteiger partial charge is 0.490 e. The quantitative estimate of drug-likeness (QED) is 0.397. The van der Waals surface area contributed by atoms with Crippen molar-refractivity contribution in [2.75, 3.05) is 45.3 Å². The highest BCUT2D eigenvalue weighted by Crippen LogP contribution is 2.32. The zero-order valence-corrected chi connectivity index (χ0v) is 16.6. The predicted molar refractivity (Wildman–Crippen MR) is 106 cm³/mol. The first kappa shape index (κ1) is 20.8. The molecule has 1 aliphatic rings. The highest BCUT2D eigenvalue weighted by molar-refractivity contribution is 5.95. The first-order valence-electron chi connectivity index (χ1n) is 9.12. The van der Waals surface area contributed by atoms with Gasteiger partial charge in [0.2, 0.25) is 5.91 Å². The maximum absolute atomic E-state index is 12.0. The Bertz CT molecular complexity index is 656. The van der Waals surface area contributed by atoms with E-state index < -0.39 is 0 Å². The van der Waals surface area contributed by atoms with Crippen LogP contribution < -0.4 is 25.4 Å². The molecule has 3 N–H and O–H groups in total. The van der Waals surface area contributed by atoms with E-state index in [0.29, 0.717) is 38.1 Å². The fourth-order valence-electron chi connectivity index (χ4n) is 2.40. The number of rotatable bonds is 6. The van der Waals surface area contributed by atoms with Crippen LogP contribution in [-0.2, 0) is 9.53 Å². The van der Waals surface area contributed by atoms with Gasteiger partial charge in [-0.25, -0.2) is 4.99 Å². The lowest BCUT2D eigenvalue weighted by atomic mass is 10.1. The molecule has 8 nitrogen and oxygen atoms in total. The van der Waals surface area contributed by atoms with Crippen molar-refractivity contribution in [2.24, 2.45) is 4.99 Å². The highest BCUT2D eigenvalue weighted by Gasteiger charge is 2.14. The monoisotopic (exact) mass is 378 g/mol. The summed E-state index contributed by atoms with van der Waals surface area (Å²) in [5, 5.41) is 9.23. The first-order valence-corrected chi connectivity index (χ1v) is 9.12. The van der Waals surface area contributed by atoms with Gasteiger partial charge in [-0.3, -0.25) is 4.79 Å². The topological polar surface area (TPSA) is 93.2 Å². The molecule has 1 amide bonds. The number of nitrogens with zero attached hydrogens (tertiary/aromatic N) is 1. The second kappa shape index (κ2) is 10.0. The molecule has 0 saturated heterocycles. The van der Waals surface area contributed by atoms with E-state index in [1.807, 2.05) is 39.0 Å². The number of aliphatic imine (C=N–C) groups is 1. The van der Waals surface area contributed by atoms with Gasteiger partial charge in [0.05, 0.1) is 19.8 Å². The molecule has 1 heterocycles. The molecule has 1 aromatic carbocycles. The standard InChI is InChI=1S/C19H30N4O4/c1-19(2,3)23-17(24)13-21-18(20-8-11-25-4)22-14-6-7-15-16(12-14)27-10-5-9-26-15/h6-7,12H,5,8-11,13H2,1-4H3,(H,23,24)(H2,20,21,22). The van der Waals surface area contributed by atoms with E-state index in [9.17, 15) is 4.79 Å². The van der Waals surface area contributed by atoms with Crippen LogP contribution in [0.4, 0.5) is 5.69 Å². The smallest absolute Gasteiger partial charge is 0.242 e. The third-order valence-electron chi connectivity index (χ3n) is 3.50. The second-order valence-corrected chi connectivity index (χ2v) is 7.22. The van der Waals surface area contributed by atoms with Gasteiger partial charge in [0.15, 0.2) is 17.5 Å². The van der Waals surface area contributed by atoms with Crippen molar-refractivity contribution in [1.29, 1.82) is 0 Å². The molecular weight excluding hydrogens is 348 g/mol. The summed E-state index contributed by atoms with van der Waals surface area (Å²) in [5.74, 6) is 1.77. The van der Waals surface area contributed by atoms with E-state index in [0.717, 1.165) is 17.9 Å². The molecule has 0 aliphatic carbocycles. The normalized spacial score (nSPS) is 14.3. The van der Waals surface area contributed by atoms with Gasteiger partial charge in [0.1, 0.15) is 6.54 Å². The molecule has 0 saturated carbocycles. The zero-order valence-electron chi connectivity index (χ0n) is 16.6. The molecule has 27 heavy (non-hydrogen) atoms. The van der Waals surface area contributed by atoms with Gasteiger partial charge >= 0.3 is 0 Å². The number of carbonyl (C=O) groups excluding carboxylic acids is 1. The van der Waals surface area contributed by atoms with Crippen molar-refractivity contribution < 1.29 is 19.0 Å². The number of amides is 1. The van der Waals surface area contributed by atoms with Crippen LogP contribution in [-0.4, -0.2) is 57.4 Å². The second-order valence-electron chi connectivity index (χ2n) is 7.22. The lowest BCUT2D eigenvalue weighted by Gasteiger charge is -2.20. The Hall–Kier alpha value is -2.48. The average molecular weight is 378 g/mol. The molecule has 0 unspecified atom stereocenters. The molecule has 2 rings (SSSR count). The summed E-state index contributed by atoms with van der Waals surface area (Å²) in [4.78, 5) is 16.4. The van der Waals surface area contributed by atoms with E-state index >= 15 is 0 Å². The number of nitrogens with one attached hydrogen (secondary N) is 3. The minimum atomic E-state index is -0.294. The predicted octanol–water partition coefficient (Wildman–Crippen LogP) is 1.77. The van der Waals surface area contributed by atoms with Crippen LogP contribution in [0.2, 0.25) is 0 Å². The molecule has 8 heteroatoms. The van der Waals surface area contributed by atoms with Crippen LogP contribution in [0.1, 0.15) is 27.2 Å². The third kappa shape index (κ3) is 7.74. The van der Waals surface area contributed by atoms with Crippen LogP contribution in [0.25, 0.3) is 0 Å². The molecule has 1 aromatic rings. The van der Waals surface area contributed by atoms with Crippen molar-refractivity contribution in [2.45, 2.75) is 32.7 Å². The van der Waals surface area contributed by atoms with Gasteiger partial charge in [-0.2, -0.15) is 0 Å². The van der Waals surface area contributed by atoms with Crippen molar-refractivity contribution in [3.05, 3.63) is 18.2 Å². The lowest BCUT2D eigenvalue weighted by molar-refractivity contribution is -0.121. The number of methoxy groups -OCH3 is 1. The zero-order chi connectivity index (χ0) is 19.7. The van der Waals surface area contributed by atoms with Crippen molar-refractivity contribution in [1.82, 2.24) is 10.6 Å². The fourth-order valence-corrected chi connectivity index (χ4v) is 2.40. The Morgan fingerprint density at radius 1 is 1.22 bits per heavy atom. The molecule has 0 radical (unpaired) electrons. The van der Waals surface area contributed by atoms with Crippen molar-refractivity contribution >= 4 is 17.6 Å². The van der Waals surface area contributed by atoms with Gasteiger partial charge < -0.3 is 30.2 Å². The summed E-state index contributed by atoms with van der Waals surface area (Å²) in [5.41, 5.74) is 0.497. The molecule has 0 bridgehead atoms. The highest BCUT2D eigenvalue weighted by atomic mass is 16.5. The molecule has 1 aliphatic heterocycles. The van der Waals surface area contributed by atoms with Crippen molar-refractivity contribution in [3.8, 4) is 11.5 Å². The summed E-state index contributed by atoms with van der Waals surface area (Å²) in [6, 6.07) is 5.61. The van der Waals surface area contributed by atoms with Crippen LogP contribution in [0.3, 0.4) is 0 Å². The molecule has 0 spiro atoms. The van der Waals surface area contributed by atoms with E-state index in [4.69, 9.17) is 14.2 Å². The Morgan fingerprint density at radius 3 is 2.67 bits per heavy atom. The summed E-state index contributed by atoms with van der Waals surface area (Å²) >= 11 is 0. The minimum absolute atomic E-state index is 0.0180. The van der Waals surface area contributed by atoms with E-state index in [1.54, 1.807) is 7.11 Å². The fraction of sp³-hybridized carbons (Fsp3) is 0.579. The Kier molecular flexibility index (Phi) is 7.72. The first-order chi connectivity index (χ1) is 12.9. The summed E-state index contributed by atoms with van der Waals surface area (Å²) in [6.45, 7) is 8.17. The number of hydrogen-bond acceptors (Lipinski definition) is 5. The number of carbonyl (C=O) groups is 1. The number of anilines is 1. The van der Waals surface area contributed by atoms with Gasteiger partial charge in [0, 0.05) is 37.4 Å². The molecule has 150 valence electrons. The average Bonchev–Trinajstić information content (AvgIpc) is 2.83. The maximum atomic E-state index is 12.0. The summed E-state index contributed by atoms with van der Waals surface area (Å²) in [6.07, 6.45) is 0.853. The van der Waals surface area contributed by atoms with Gasteiger partial charge in [0.25, 0.3) is 0 Å². The number of hydrogen-bond donors (Lipinski definition) is 3. The van der Waals surface area contributed by atoms with Gasteiger partial charge in [-0.1, -0.05) is 0 Å². The number of guanidine groups is 1. The lowest BCUT2D eigenvalue weighted by Crippen LogP contribution is -2.42. The van der Waals surface area contributed by atoms with Crippen molar-refractivity contribution in [3.63, 3.8) is 0 Å².